The molecule has 1 aliphatic rings. The van der Waals surface area contributed by atoms with Gasteiger partial charge < -0.3 is 15.5 Å². The van der Waals surface area contributed by atoms with Crippen molar-refractivity contribution in [3.05, 3.63) is 41.2 Å². The minimum absolute atomic E-state index is 0.0193. The third-order valence-corrected chi connectivity index (χ3v) is 4.36. The van der Waals surface area contributed by atoms with E-state index < -0.39 is 6.17 Å². The van der Waals surface area contributed by atoms with Crippen molar-refractivity contribution in [2.24, 2.45) is 0 Å². The van der Waals surface area contributed by atoms with Crippen LogP contribution in [-0.2, 0) is 6.42 Å². The lowest BCUT2D eigenvalue weighted by molar-refractivity contribution is 0.356. The zero-order valence-electron chi connectivity index (χ0n) is 13.6. The van der Waals surface area contributed by atoms with Gasteiger partial charge in [-0.2, -0.15) is 15.0 Å². The summed E-state index contributed by atoms with van der Waals surface area (Å²) in [5, 5.41) is 3.91. The summed E-state index contributed by atoms with van der Waals surface area (Å²) in [6, 6.07) is 4.69. The zero-order chi connectivity index (χ0) is 17.6. The van der Waals surface area contributed by atoms with Crippen LogP contribution in [-0.4, -0.2) is 15.0 Å². The molecule has 1 aromatic carbocycles. The molecule has 1 unspecified atom stereocenters. The molecular formula is C17H17F2N5O. The quantitative estimate of drug-likeness (QED) is 0.749. The molecule has 3 aromatic rings. The van der Waals surface area contributed by atoms with Gasteiger partial charge in [-0.1, -0.05) is 12.1 Å². The summed E-state index contributed by atoms with van der Waals surface area (Å²) < 4.78 is 33.3. The van der Waals surface area contributed by atoms with Gasteiger partial charge in [-0.25, -0.2) is 8.78 Å². The van der Waals surface area contributed by atoms with E-state index in [1.807, 2.05) is 6.07 Å². The molecule has 0 radical (unpaired) electrons. The molecule has 0 saturated heterocycles. The number of halogens is 2. The van der Waals surface area contributed by atoms with E-state index in [1.165, 1.54) is 13.0 Å². The van der Waals surface area contributed by atoms with Gasteiger partial charge in [-0.05, 0) is 25.8 Å². The highest BCUT2D eigenvalue weighted by molar-refractivity contribution is 5.84. The van der Waals surface area contributed by atoms with Crippen LogP contribution in [0.1, 0.15) is 49.1 Å². The van der Waals surface area contributed by atoms with E-state index in [9.17, 15) is 8.78 Å². The highest BCUT2D eigenvalue weighted by atomic mass is 19.1. The fourth-order valence-corrected chi connectivity index (χ4v) is 3.28. The van der Waals surface area contributed by atoms with Crippen LogP contribution < -0.4 is 11.1 Å². The largest absolute Gasteiger partial charge is 0.458 e. The Balaban J connectivity index is 1.75. The number of para-hydroxylation sites is 1. The number of hydrogen-bond acceptors (Lipinski definition) is 6. The first-order valence-corrected chi connectivity index (χ1v) is 8.14. The maximum absolute atomic E-state index is 14.0. The summed E-state index contributed by atoms with van der Waals surface area (Å²) in [6.07, 6.45) is 1.06. The molecule has 0 spiro atoms. The second-order valence-electron chi connectivity index (χ2n) is 6.14. The monoisotopic (exact) mass is 345 g/mol. The molecule has 2 heterocycles. The number of rotatable bonds is 3. The van der Waals surface area contributed by atoms with Crippen molar-refractivity contribution in [2.75, 3.05) is 11.1 Å². The summed E-state index contributed by atoms with van der Waals surface area (Å²) in [5.41, 5.74) is 6.81. The van der Waals surface area contributed by atoms with Gasteiger partial charge >= 0.3 is 0 Å². The SMILES string of the molecule is CC(F)c1nc(N)nc(N[C@@H]2CCCc3oc4c(F)cccc4c32)n1. The van der Waals surface area contributed by atoms with Crippen LogP contribution in [0.15, 0.2) is 22.6 Å². The van der Waals surface area contributed by atoms with E-state index in [0.29, 0.717) is 0 Å². The van der Waals surface area contributed by atoms with E-state index in [0.717, 1.165) is 36.0 Å². The summed E-state index contributed by atoms with van der Waals surface area (Å²) >= 11 is 0. The van der Waals surface area contributed by atoms with Gasteiger partial charge in [-0.3, -0.25) is 0 Å². The molecule has 6 nitrogen and oxygen atoms in total. The van der Waals surface area contributed by atoms with Crippen LogP contribution >= 0.6 is 0 Å². The van der Waals surface area contributed by atoms with Crippen molar-refractivity contribution >= 4 is 22.9 Å². The van der Waals surface area contributed by atoms with Crippen LogP contribution in [0.5, 0.6) is 0 Å². The summed E-state index contributed by atoms with van der Waals surface area (Å²) in [6.45, 7) is 1.34. The third-order valence-electron chi connectivity index (χ3n) is 4.36. The molecule has 1 aliphatic carbocycles. The molecule has 0 amide bonds. The van der Waals surface area contributed by atoms with E-state index in [2.05, 4.69) is 20.3 Å². The fourth-order valence-electron chi connectivity index (χ4n) is 3.28. The van der Waals surface area contributed by atoms with Crippen molar-refractivity contribution in [1.82, 2.24) is 15.0 Å². The van der Waals surface area contributed by atoms with Crippen LogP contribution in [0.25, 0.3) is 11.0 Å². The number of alkyl halides is 1. The van der Waals surface area contributed by atoms with Crippen molar-refractivity contribution in [3.63, 3.8) is 0 Å². The Bertz CT molecular complexity index is 940. The van der Waals surface area contributed by atoms with Crippen LogP contribution in [0, 0.1) is 5.82 Å². The third kappa shape index (κ3) is 2.77. The molecule has 130 valence electrons. The Morgan fingerprint density at radius 2 is 2.16 bits per heavy atom. The molecule has 0 aliphatic heterocycles. The summed E-state index contributed by atoms with van der Waals surface area (Å²) in [7, 11) is 0. The Morgan fingerprint density at radius 1 is 1.32 bits per heavy atom. The van der Waals surface area contributed by atoms with Gasteiger partial charge in [0.25, 0.3) is 0 Å². The molecule has 0 saturated carbocycles. The summed E-state index contributed by atoms with van der Waals surface area (Å²) in [4.78, 5) is 11.9. The maximum Gasteiger partial charge on any atom is 0.228 e. The Labute approximate surface area is 142 Å². The van der Waals surface area contributed by atoms with Gasteiger partial charge in [0.2, 0.25) is 11.9 Å². The number of anilines is 2. The number of aromatic nitrogens is 3. The van der Waals surface area contributed by atoms with Gasteiger partial charge in [0.15, 0.2) is 23.4 Å². The van der Waals surface area contributed by atoms with Crippen LogP contribution in [0.2, 0.25) is 0 Å². The normalized spacial score (nSPS) is 18.1. The first-order valence-electron chi connectivity index (χ1n) is 8.14. The topological polar surface area (TPSA) is 89.9 Å². The van der Waals surface area contributed by atoms with Crippen LogP contribution in [0.4, 0.5) is 20.7 Å². The van der Waals surface area contributed by atoms with Gasteiger partial charge in [0, 0.05) is 17.4 Å². The minimum Gasteiger partial charge on any atom is -0.458 e. The highest BCUT2D eigenvalue weighted by Gasteiger charge is 2.28. The zero-order valence-corrected chi connectivity index (χ0v) is 13.6. The standard InChI is InChI=1S/C17H17F2N5O/c1-8(18)15-22-16(20)24-17(23-15)21-11-6-3-7-12-13(11)9-4-2-5-10(19)14(9)25-12/h2,4-5,8,11H,3,6-7H2,1H3,(H3,20,21,22,23,24)/t8?,11-/m1/s1. The van der Waals surface area contributed by atoms with Crippen molar-refractivity contribution < 1.29 is 13.2 Å². The Morgan fingerprint density at radius 3 is 2.96 bits per heavy atom. The summed E-state index contributed by atoms with van der Waals surface area (Å²) in [5.74, 6) is 0.509. The van der Waals surface area contributed by atoms with Crippen LogP contribution in [0.3, 0.4) is 0 Å². The lowest BCUT2D eigenvalue weighted by Crippen LogP contribution is -2.19. The molecule has 2 aromatic heterocycles. The first kappa shape index (κ1) is 15.7. The number of nitrogens with one attached hydrogen (secondary N) is 1. The Hall–Kier alpha value is -2.77. The smallest absolute Gasteiger partial charge is 0.228 e. The lowest BCUT2D eigenvalue weighted by atomic mass is 9.91. The van der Waals surface area contributed by atoms with E-state index >= 15 is 0 Å². The molecular weight excluding hydrogens is 328 g/mol. The van der Waals surface area contributed by atoms with Gasteiger partial charge in [0.1, 0.15) is 5.76 Å². The van der Waals surface area contributed by atoms with E-state index in [4.69, 9.17) is 10.2 Å². The average molecular weight is 345 g/mol. The molecule has 0 bridgehead atoms. The molecule has 0 fully saturated rings. The molecule has 2 atom stereocenters. The number of benzene rings is 1. The number of furan rings is 1. The lowest BCUT2D eigenvalue weighted by Gasteiger charge is -2.23. The predicted octanol–water partition coefficient (Wildman–Crippen LogP) is 3.86. The van der Waals surface area contributed by atoms with E-state index in [-0.39, 0.29) is 35.2 Å². The number of nitrogens with zero attached hydrogens (tertiary/aromatic N) is 3. The number of aryl methyl sites for hydroxylation is 1. The maximum atomic E-state index is 14.0. The van der Waals surface area contributed by atoms with Crippen molar-refractivity contribution in [1.29, 1.82) is 0 Å². The van der Waals surface area contributed by atoms with Gasteiger partial charge in [0.05, 0.1) is 6.04 Å². The number of nitrogens with two attached hydrogens (primary N) is 1. The van der Waals surface area contributed by atoms with Crippen molar-refractivity contribution in [2.45, 2.75) is 38.4 Å². The fraction of sp³-hybridized carbons (Fsp3) is 0.353. The average Bonchev–Trinajstić information content (AvgIpc) is 2.95. The Kier molecular flexibility index (Phi) is 3.74. The first-order chi connectivity index (χ1) is 12.0. The predicted molar refractivity (Wildman–Crippen MR) is 89.2 cm³/mol. The molecule has 3 N–H and O–H groups in total. The molecule has 8 heteroatoms. The van der Waals surface area contributed by atoms with Gasteiger partial charge in [-0.15, -0.1) is 0 Å². The second kappa shape index (κ2) is 5.94. The van der Waals surface area contributed by atoms with Crippen molar-refractivity contribution in [3.8, 4) is 0 Å². The molecule has 25 heavy (non-hydrogen) atoms. The second-order valence-corrected chi connectivity index (χ2v) is 6.14. The van der Waals surface area contributed by atoms with E-state index in [1.54, 1.807) is 6.07 Å². The number of hydrogen-bond donors (Lipinski definition) is 2. The molecule has 4 rings (SSSR count). The highest BCUT2D eigenvalue weighted by Crippen LogP contribution is 2.39. The number of nitrogen functional groups attached to an aromatic ring is 1. The number of fused-ring (bicyclic) bond motifs is 3. The minimum atomic E-state index is -1.35.